The lowest BCUT2D eigenvalue weighted by Gasteiger charge is -2.35. The average molecular weight is 435 g/mol. The largest absolute Gasteiger partial charge is 0.354 e. The third kappa shape index (κ3) is 4.14. The minimum absolute atomic E-state index is 0.111. The summed E-state index contributed by atoms with van der Waals surface area (Å²) in [5, 5.41) is 0.111. The van der Waals surface area contributed by atoms with Gasteiger partial charge in [0.05, 0.1) is 0 Å². The molecule has 4 rings (SSSR count). The van der Waals surface area contributed by atoms with Crippen LogP contribution >= 0.6 is 0 Å². The van der Waals surface area contributed by atoms with Crippen LogP contribution in [0.15, 0.2) is 17.3 Å². The lowest BCUT2D eigenvalue weighted by Crippen LogP contribution is -2.49. The zero-order valence-electron chi connectivity index (χ0n) is 18.1. The van der Waals surface area contributed by atoms with Gasteiger partial charge in [0.15, 0.2) is 5.03 Å². The second-order valence-corrected chi connectivity index (χ2v) is 9.97. The van der Waals surface area contributed by atoms with Crippen molar-refractivity contribution in [1.82, 2.24) is 28.7 Å². The second-order valence-electron chi connectivity index (χ2n) is 8.09. The number of anilines is 2. The van der Waals surface area contributed by atoms with Crippen molar-refractivity contribution in [1.29, 1.82) is 0 Å². The van der Waals surface area contributed by atoms with E-state index in [1.165, 1.54) is 4.31 Å². The van der Waals surface area contributed by atoms with E-state index in [4.69, 9.17) is 4.98 Å². The van der Waals surface area contributed by atoms with Crippen molar-refractivity contribution < 1.29 is 8.42 Å². The number of nitrogens with zero attached hydrogens (tertiary/aromatic N) is 8. The molecule has 2 aliphatic heterocycles. The molecule has 0 amide bonds. The van der Waals surface area contributed by atoms with E-state index < -0.39 is 10.0 Å². The Bertz CT molecular complexity index is 986. The van der Waals surface area contributed by atoms with Crippen molar-refractivity contribution in [2.45, 2.75) is 18.9 Å². The Morgan fingerprint density at radius 3 is 2.07 bits per heavy atom. The minimum atomic E-state index is -3.59. The number of likely N-dealkylation sites (N-methyl/N-ethyl adjacent to an activating group) is 1. The zero-order chi connectivity index (χ0) is 21.5. The highest BCUT2D eigenvalue weighted by molar-refractivity contribution is 7.89. The van der Waals surface area contributed by atoms with Crippen molar-refractivity contribution in [3.63, 3.8) is 0 Å². The van der Waals surface area contributed by atoms with Crippen LogP contribution in [0.4, 0.5) is 11.8 Å². The monoisotopic (exact) mass is 434 g/mol. The fourth-order valence-electron chi connectivity index (χ4n) is 3.79. The van der Waals surface area contributed by atoms with Crippen LogP contribution in [0, 0.1) is 13.8 Å². The van der Waals surface area contributed by atoms with E-state index in [2.05, 4.69) is 31.7 Å². The molecular formula is C19H30N8O2S. The number of aromatic nitrogens is 4. The fraction of sp³-hybridized carbons (Fsp3) is 0.632. The third-order valence-corrected chi connectivity index (χ3v) is 7.64. The molecule has 2 saturated heterocycles. The Morgan fingerprint density at radius 1 is 0.833 bits per heavy atom. The van der Waals surface area contributed by atoms with Crippen molar-refractivity contribution in [2.24, 2.45) is 7.05 Å². The molecule has 4 heterocycles. The molecule has 2 fully saturated rings. The number of imidazole rings is 1. The van der Waals surface area contributed by atoms with Gasteiger partial charge in [0.1, 0.15) is 11.6 Å². The summed E-state index contributed by atoms with van der Waals surface area (Å²) in [5.74, 6) is 2.30. The molecule has 0 atom stereocenters. The van der Waals surface area contributed by atoms with Gasteiger partial charge in [0.25, 0.3) is 10.0 Å². The standard InChI is InChI=1S/C19H30N8O2S/c1-15-13-17(25-7-5-23(3)6-8-25)22-19(20-15)26-9-11-27(12-10-26)30(28,29)18-14-24(4)16(2)21-18/h13-14H,5-12H2,1-4H3. The molecule has 0 aromatic carbocycles. The SMILES string of the molecule is Cc1cc(N2CCN(C)CC2)nc(N2CCN(S(=O)(=O)c3cn(C)c(C)n3)CC2)n1. The normalized spacial score (nSPS) is 19.5. The summed E-state index contributed by atoms with van der Waals surface area (Å²) < 4.78 is 29.1. The third-order valence-electron chi connectivity index (χ3n) is 5.87. The quantitative estimate of drug-likeness (QED) is 0.669. The van der Waals surface area contributed by atoms with Gasteiger partial charge in [-0.15, -0.1) is 0 Å². The molecule has 0 N–H and O–H groups in total. The number of hydrogen-bond acceptors (Lipinski definition) is 8. The molecule has 0 bridgehead atoms. The molecule has 30 heavy (non-hydrogen) atoms. The first-order valence-corrected chi connectivity index (χ1v) is 11.7. The average Bonchev–Trinajstić information content (AvgIpc) is 3.07. The van der Waals surface area contributed by atoms with E-state index in [1.807, 2.05) is 13.0 Å². The molecule has 0 aliphatic carbocycles. The number of piperazine rings is 2. The molecule has 0 saturated carbocycles. The zero-order valence-corrected chi connectivity index (χ0v) is 18.9. The number of rotatable bonds is 4. The smallest absolute Gasteiger partial charge is 0.262 e. The van der Waals surface area contributed by atoms with Crippen LogP contribution in [0.1, 0.15) is 11.5 Å². The summed E-state index contributed by atoms with van der Waals surface area (Å²) in [6, 6.07) is 2.03. The second kappa shape index (κ2) is 8.12. The van der Waals surface area contributed by atoms with Crippen molar-refractivity contribution >= 4 is 21.8 Å². The number of hydrogen-bond donors (Lipinski definition) is 0. The highest BCUT2D eigenvalue weighted by atomic mass is 32.2. The number of aryl methyl sites for hydroxylation is 3. The van der Waals surface area contributed by atoms with Crippen molar-refractivity contribution in [3.05, 3.63) is 23.8 Å². The summed E-state index contributed by atoms with van der Waals surface area (Å²) in [6.07, 6.45) is 1.57. The first-order chi connectivity index (χ1) is 14.2. The Kier molecular flexibility index (Phi) is 5.69. The van der Waals surface area contributed by atoms with Crippen LogP contribution in [-0.4, -0.2) is 96.5 Å². The first-order valence-electron chi connectivity index (χ1n) is 10.3. The molecule has 0 spiro atoms. The molecule has 11 heteroatoms. The van der Waals surface area contributed by atoms with E-state index >= 15 is 0 Å². The molecule has 2 aromatic rings. The maximum atomic E-state index is 12.9. The Hall–Kier alpha value is -2.24. The molecule has 0 unspecified atom stereocenters. The van der Waals surface area contributed by atoms with Gasteiger partial charge >= 0.3 is 0 Å². The van der Waals surface area contributed by atoms with Crippen molar-refractivity contribution in [3.8, 4) is 0 Å². The number of sulfonamides is 1. The van der Waals surface area contributed by atoms with Crippen LogP contribution in [0.3, 0.4) is 0 Å². The Labute approximate surface area is 178 Å². The van der Waals surface area contributed by atoms with Gasteiger partial charge in [-0.3, -0.25) is 0 Å². The highest BCUT2D eigenvalue weighted by Gasteiger charge is 2.31. The lowest BCUT2D eigenvalue weighted by molar-refractivity contribution is 0.312. The first kappa shape index (κ1) is 21.0. The predicted molar refractivity (Wildman–Crippen MR) is 115 cm³/mol. The summed E-state index contributed by atoms with van der Waals surface area (Å²) in [5.41, 5.74) is 0.924. The van der Waals surface area contributed by atoms with Gasteiger partial charge in [-0.1, -0.05) is 0 Å². The van der Waals surface area contributed by atoms with Gasteiger partial charge in [0, 0.05) is 77.4 Å². The molecule has 2 aliphatic rings. The molecule has 0 radical (unpaired) electrons. The van der Waals surface area contributed by atoms with E-state index in [1.54, 1.807) is 24.7 Å². The van der Waals surface area contributed by atoms with Crippen LogP contribution in [0.25, 0.3) is 0 Å². The van der Waals surface area contributed by atoms with E-state index in [0.717, 1.165) is 37.7 Å². The van der Waals surface area contributed by atoms with Gasteiger partial charge in [-0.05, 0) is 20.9 Å². The van der Waals surface area contributed by atoms with Crippen LogP contribution in [0.2, 0.25) is 0 Å². The minimum Gasteiger partial charge on any atom is -0.354 e. The summed E-state index contributed by atoms with van der Waals surface area (Å²) in [7, 11) is 0.344. The topological polar surface area (TPSA) is 90.7 Å². The van der Waals surface area contributed by atoms with Gasteiger partial charge in [0.2, 0.25) is 5.95 Å². The lowest BCUT2D eigenvalue weighted by atomic mass is 10.3. The van der Waals surface area contributed by atoms with E-state index in [-0.39, 0.29) is 5.03 Å². The van der Waals surface area contributed by atoms with Gasteiger partial charge < -0.3 is 19.3 Å². The Morgan fingerprint density at radius 2 is 1.47 bits per heavy atom. The maximum absolute atomic E-state index is 12.9. The van der Waals surface area contributed by atoms with Crippen molar-refractivity contribution in [2.75, 3.05) is 69.2 Å². The highest BCUT2D eigenvalue weighted by Crippen LogP contribution is 2.22. The van der Waals surface area contributed by atoms with E-state index in [9.17, 15) is 8.42 Å². The van der Waals surface area contributed by atoms with Gasteiger partial charge in [-0.25, -0.2) is 18.4 Å². The summed E-state index contributed by atoms with van der Waals surface area (Å²) in [6.45, 7) is 9.58. The Balaban J connectivity index is 1.46. The summed E-state index contributed by atoms with van der Waals surface area (Å²) >= 11 is 0. The van der Waals surface area contributed by atoms with Gasteiger partial charge in [-0.2, -0.15) is 9.29 Å². The predicted octanol–water partition coefficient (Wildman–Crippen LogP) is 0.0896. The van der Waals surface area contributed by atoms with E-state index in [0.29, 0.717) is 38.0 Å². The molecule has 10 nitrogen and oxygen atoms in total. The summed E-state index contributed by atoms with van der Waals surface area (Å²) in [4.78, 5) is 20.3. The van der Waals surface area contributed by atoms with Crippen LogP contribution in [-0.2, 0) is 17.1 Å². The fourth-order valence-corrected chi connectivity index (χ4v) is 5.23. The van der Waals surface area contributed by atoms with Crippen LogP contribution in [0.5, 0.6) is 0 Å². The molecule has 164 valence electrons. The molecule has 2 aromatic heterocycles. The maximum Gasteiger partial charge on any atom is 0.262 e. The van der Waals surface area contributed by atoms with Crippen LogP contribution < -0.4 is 9.80 Å². The molecular weight excluding hydrogens is 404 g/mol.